The molecule has 90 valence electrons. The van der Waals surface area contributed by atoms with Gasteiger partial charge in [-0.05, 0) is 38.5 Å². The van der Waals surface area contributed by atoms with E-state index in [0.717, 1.165) is 23.2 Å². The maximum Gasteiger partial charge on any atom is 0.123 e. The minimum atomic E-state index is 0.536. The third-order valence-corrected chi connectivity index (χ3v) is 3.07. The first kappa shape index (κ1) is 13.5. The molecule has 1 aromatic rings. The number of benzene rings is 1. The van der Waals surface area contributed by atoms with Crippen molar-refractivity contribution in [2.75, 3.05) is 6.61 Å². The van der Waals surface area contributed by atoms with Crippen molar-refractivity contribution in [3.05, 3.63) is 28.2 Å². The fourth-order valence-corrected chi connectivity index (χ4v) is 1.82. The molecule has 0 aromatic heterocycles. The Balaban J connectivity index is 2.71. The van der Waals surface area contributed by atoms with E-state index < -0.39 is 0 Å². The average molecular weight is 286 g/mol. The van der Waals surface area contributed by atoms with Gasteiger partial charge in [-0.15, -0.1) is 0 Å². The summed E-state index contributed by atoms with van der Waals surface area (Å²) >= 11 is 3.49. The van der Waals surface area contributed by atoms with E-state index in [1.165, 1.54) is 5.56 Å². The first-order chi connectivity index (χ1) is 7.67. The van der Waals surface area contributed by atoms with E-state index in [1.807, 2.05) is 19.1 Å². The largest absolute Gasteiger partial charge is 0.494 e. The molecule has 0 fully saturated rings. The van der Waals surface area contributed by atoms with E-state index in [0.29, 0.717) is 12.6 Å². The molecule has 0 radical (unpaired) electrons. The summed E-state index contributed by atoms with van der Waals surface area (Å²) in [5.74, 6) is 0.974. The van der Waals surface area contributed by atoms with Gasteiger partial charge in [0.25, 0.3) is 0 Å². The van der Waals surface area contributed by atoms with Gasteiger partial charge in [-0.2, -0.15) is 0 Å². The molecule has 16 heavy (non-hydrogen) atoms. The molecule has 0 unspecified atom stereocenters. The molecule has 0 spiro atoms. The van der Waals surface area contributed by atoms with Crippen molar-refractivity contribution in [2.24, 2.45) is 0 Å². The molecule has 1 rings (SSSR count). The van der Waals surface area contributed by atoms with E-state index in [9.17, 15) is 0 Å². The topological polar surface area (TPSA) is 21.3 Å². The van der Waals surface area contributed by atoms with Crippen LogP contribution in [0.2, 0.25) is 0 Å². The van der Waals surface area contributed by atoms with E-state index in [2.05, 4.69) is 41.2 Å². The Labute approximate surface area is 107 Å². The fourth-order valence-electron chi connectivity index (χ4n) is 1.41. The van der Waals surface area contributed by atoms with Crippen LogP contribution in [-0.2, 0) is 6.54 Å². The monoisotopic (exact) mass is 285 g/mol. The van der Waals surface area contributed by atoms with Crippen LogP contribution in [-0.4, -0.2) is 12.6 Å². The molecule has 2 nitrogen and oxygen atoms in total. The van der Waals surface area contributed by atoms with E-state index in [1.54, 1.807) is 0 Å². The summed E-state index contributed by atoms with van der Waals surface area (Å²) in [5, 5.41) is 3.47. The fraction of sp³-hybridized carbons (Fsp3) is 0.538. The zero-order chi connectivity index (χ0) is 12.0. The van der Waals surface area contributed by atoms with Crippen LogP contribution in [0.4, 0.5) is 0 Å². The molecule has 0 saturated carbocycles. The molecular formula is C13H20BrNO. The Bertz CT molecular complexity index is 328. The molecule has 1 atom stereocenters. The SMILES string of the molecule is CCOc1ccc(Br)cc1CN[C@@H](C)CC. The second kappa shape index (κ2) is 6.92. The Kier molecular flexibility index (Phi) is 5.85. The summed E-state index contributed by atoms with van der Waals surface area (Å²) in [6, 6.07) is 6.67. The Morgan fingerprint density at radius 2 is 2.12 bits per heavy atom. The summed E-state index contributed by atoms with van der Waals surface area (Å²) in [5.41, 5.74) is 1.21. The van der Waals surface area contributed by atoms with Crippen molar-refractivity contribution in [3.8, 4) is 5.75 Å². The normalized spacial score (nSPS) is 12.5. The Hall–Kier alpha value is -0.540. The first-order valence-electron chi connectivity index (χ1n) is 5.82. The highest BCUT2D eigenvalue weighted by Gasteiger charge is 2.05. The summed E-state index contributed by atoms with van der Waals surface area (Å²) in [4.78, 5) is 0. The van der Waals surface area contributed by atoms with E-state index >= 15 is 0 Å². The molecule has 0 aliphatic heterocycles. The van der Waals surface area contributed by atoms with Crippen LogP contribution in [0, 0.1) is 0 Å². The second-order valence-electron chi connectivity index (χ2n) is 3.88. The molecule has 0 aliphatic carbocycles. The lowest BCUT2D eigenvalue weighted by molar-refractivity contribution is 0.334. The molecule has 0 saturated heterocycles. The molecule has 0 heterocycles. The number of nitrogens with one attached hydrogen (secondary N) is 1. The lowest BCUT2D eigenvalue weighted by atomic mass is 10.2. The Morgan fingerprint density at radius 1 is 1.38 bits per heavy atom. The third-order valence-electron chi connectivity index (χ3n) is 2.58. The van der Waals surface area contributed by atoms with Crippen LogP contribution in [0.15, 0.2) is 22.7 Å². The highest BCUT2D eigenvalue weighted by molar-refractivity contribution is 9.10. The highest BCUT2D eigenvalue weighted by Crippen LogP contribution is 2.23. The molecule has 3 heteroatoms. The lowest BCUT2D eigenvalue weighted by Gasteiger charge is -2.14. The van der Waals surface area contributed by atoms with Gasteiger partial charge in [0.2, 0.25) is 0 Å². The van der Waals surface area contributed by atoms with Crippen molar-refractivity contribution in [1.29, 1.82) is 0 Å². The molecular weight excluding hydrogens is 266 g/mol. The summed E-state index contributed by atoms with van der Waals surface area (Å²) in [6.07, 6.45) is 1.14. The number of rotatable bonds is 6. The van der Waals surface area contributed by atoms with Gasteiger partial charge in [0.05, 0.1) is 6.61 Å². The van der Waals surface area contributed by atoms with Gasteiger partial charge < -0.3 is 10.1 Å². The number of halogens is 1. The van der Waals surface area contributed by atoms with Crippen molar-refractivity contribution in [2.45, 2.75) is 39.8 Å². The van der Waals surface area contributed by atoms with Gasteiger partial charge in [-0.3, -0.25) is 0 Å². The van der Waals surface area contributed by atoms with E-state index in [-0.39, 0.29) is 0 Å². The van der Waals surface area contributed by atoms with Crippen molar-refractivity contribution >= 4 is 15.9 Å². The van der Waals surface area contributed by atoms with Crippen molar-refractivity contribution in [1.82, 2.24) is 5.32 Å². The van der Waals surface area contributed by atoms with Crippen LogP contribution in [0.25, 0.3) is 0 Å². The molecule has 0 amide bonds. The summed E-state index contributed by atoms with van der Waals surface area (Å²) in [7, 11) is 0. The van der Waals surface area contributed by atoms with Gasteiger partial charge in [-0.25, -0.2) is 0 Å². The molecule has 0 bridgehead atoms. The van der Waals surface area contributed by atoms with Crippen LogP contribution in [0.1, 0.15) is 32.8 Å². The zero-order valence-electron chi connectivity index (χ0n) is 10.2. The third kappa shape index (κ3) is 4.14. The molecule has 1 N–H and O–H groups in total. The average Bonchev–Trinajstić information content (AvgIpc) is 2.29. The predicted molar refractivity (Wildman–Crippen MR) is 71.9 cm³/mol. The number of hydrogen-bond acceptors (Lipinski definition) is 2. The van der Waals surface area contributed by atoms with Crippen molar-refractivity contribution in [3.63, 3.8) is 0 Å². The van der Waals surface area contributed by atoms with Crippen LogP contribution in [0.5, 0.6) is 5.75 Å². The van der Waals surface area contributed by atoms with Gasteiger partial charge in [0, 0.05) is 22.6 Å². The predicted octanol–water partition coefficient (Wildman–Crippen LogP) is 3.74. The maximum atomic E-state index is 5.60. The Morgan fingerprint density at radius 3 is 2.75 bits per heavy atom. The van der Waals surface area contributed by atoms with Gasteiger partial charge in [-0.1, -0.05) is 22.9 Å². The lowest BCUT2D eigenvalue weighted by Crippen LogP contribution is -2.24. The minimum absolute atomic E-state index is 0.536. The highest BCUT2D eigenvalue weighted by atomic mass is 79.9. The summed E-state index contributed by atoms with van der Waals surface area (Å²) < 4.78 is 6.69. The maximum absolute atomic E-state index is 5.60. The first-order valence-corrected chi connectivity index (χ1v) is 6.61. The smallest absolute Gasteiger partial charge is 0.123 e. The van der Waals surface area contributed by atoms with Crippen molar-refractivity contribution < 1.29 is 4.74 Å². The zero-order valence-corrected chi connectivity index (χ0v) is 11.8. The van der Waals surface area contributed by atoms with Crippen LogP contribution >= 0.6 is 15.9 Å². The quantitative estimate of drug-likeness (QED) is 0.860. The van der Waals surface area contributed by atoms with E-state index in [4.69, 9.17) is 4.74 Å². The second-order valence-corrected chi connectivity index (χ2v) is 4.79. The standard InChI is InChI=1S/C13H20BrNO/c1-4-10(3)15-9-11-8-12(14)6-7-13(11)16-5-2/h6-8,10,15H,4-5,9H2,1-3H3/t10-/m0/s1. The van der Waals surface area contributed by atoms with Gasteiger partial charge in [0.15, 0.2) is 0 Å². The summed E-state index contributed by atoms with van der Waals surface area (Å²) in [6.45, 7) is 7.94. The van der Waals surface area contributed by atoms with Crippen LogP contribution in [0.3, 0.4) is 0 Å². The molecule has 1 aromatic carbocycles. The molecule has 0 aliphatic rings. The van der Waals surface area contributed by atoms with Gasteiger partial charge in [0.1, 0.15) is 5.75 Å². The van der Waals surface area contributed by atoms with Crippen LogP contribution < -0.4 is 10.1 Å². The number of ether oxygens (including phenoxy) is 1. The minimum Gasteiger partial charge on any atom is -0.494 e. The van der Waals surface area contributed by atoms with Gasteiger partial charge >= 0.3 is 0 Å². The number of hydrogen-bond donors (Lipinski definition) is 1.